The molecule has 0 saturated heterocycles. The molecule has 0 heterocycles. The second kappa shape index (κ2) is 6.53. The van der Waals surface area contributed by atoms with E-state index in [0.29, 0.717) is 0 Å². The quantitative estimate of drug-likeness (QED) is 0.648. The fourth-order valence-electron chi connectivity index (χ4n) is 2.07. The van der Waals surface area contributed by atoms with Crippen molar-refractivity contribution in [1.82, 2.24) is 5.43 Å². The van der Waals surface area contributed by atoms with Gasteiger partial charge in [0, 0.05) is 9.50 Å². The average molecular weight is 340 g/mol. The van der Waals surface area contributed by atoms with Gasteiger partial charge in [0.25, 0.3) is 0 Å². The van der Waals surface area contributed by atoms with Crippen molar-refractivity contribution in [2.75, 3.05) is 0 Å². The molecule has 1 atom stereocenters. The molecule has 100 valence electrons. The molecule has 2 nitrogen and oxygen atoms in total. The third-order valence-electron chi connectivity index (χ3n) is 3.06. The van der Waals surface area contributed by atoms with Crippen molar-refractivity contribution < 1.29 is 0 Å². The summed E-state index contributed by atoms with van der Waals surface area (Å²) < 4.78 is 1.07. The van der Waals surface area contributed by atoms with Crippen molar-refractivity contribution >= 4 is 27.5 Å². The van der Waals surface area contributed by atoms with Crippen molar-refractivity contribution in [2.24, 2.45) is 5.84 Å². The normalized spacial score (nSPS) is 12.4. The summed E-state index contributed by atoms with van der Waals surface area (Å²) in [5, 5.41) is 0.747. The smallest absolute Gasteiger partial charge is 0.0511 e. The first-order chi connectivity index (χ1) is 9.10. The van der Waals surface area contributed by atoms with E-state index in [-0.39, 0.29) is 6.04 Å². The Hall–Kier alpha value is -0.870. The van der Waals surface area contributed by atoms with Crippen LogP contribution in [0.3, 0.4) is 0 Å². The first-order valence-corrected chi connectivity index (χ1v) is 7.24. The lowest BCUT2D eigenvalue weighted by atomic mass is 9.98. The molecule has 0 aliphatic carbocycles. The molecule has 0 aliphatic rings. The maximum absolute atomic E-state index is 6.01. The second-order valence-electron chi connectivity index (χ2n) is 4.58. The third kappa shape index (κ3) is 3.80. The predicted molar refractivity (Wildman–Crippen MR) is 84.1 cm³/mol. The molecule has 0 spiro atoms. The van der Waals surface area contributed by atoms with E-state index >= 15 is 0 Å². The summed E-state index contributed by atoms with van der Waals surface area (Å²) in [5.74, 6) is 5.69. The van der Waals surface area contributed by atoms with E-state index in [0.717, 1.165) is 27.0 Å². The summed E-state index contributed by atoms with van der Waals surface area (Å²) in [4.78, 5) is 0. The van der Waals surface area contributed by atoms with E-state index in [1.54, 1.807) is 0 Å². The molecule has 0 bridgehead atoms. The van der Waals surface area contributed by atoms with Crippen LogP contribution in [0.25, 0.3) is 0 Å². The Kier molecular flexibility index (Phi) is 4.99. The van der Waals surface area contributed by atoms with E-state index in [1.807, 2.05) is 18.2 Å². The van der Waals surface area contributed by atoms with Crippen LogP contribution in [0.1, 0.15) is 22.7 Å². The zero-order valence-electron chi connectivity index (χ0n) is 10.7. The highest BCUT2D eigenvalue weighted by molar-refractivity contribution is 9.10. The molecular weight excluding hydrogens is 324 g/mol. The zero-order chi connectivity index (χ0) is 13.8. The maximum atomic E-state index is 6.01. The van der Waals surface area contributed by atoms with Gasteiger partial charge < -0.3 is 0 Å². The van der Waals surface area contributed by atoms with Gasteiger partial charge in [-0.3, -0.25) is 11.3 Å². The molecule has 2 rings (SSSR count). The third-order valence-corrected chi connectivity index (χ3v) is 3.98. The molecule has 0 aliphatic heterocycles. The highest BCUT2D eigenvalue weighted by Gasteiger charge is 2.14. The molecule has 0 fully saturated rings. The molecule has 0 radical (unpaired) electrons. The minimum atomic E-state index is 0.0495. The number of nitrogens with two attached hydrogens (primary N) is 1. The summed E-state index contributed by atoms with van der Waals surface area (Å²) in [6.07, 6.45) is 0.790. The fraction of sp³-hybridized carbons (Fsp3) is 0.200. The van der Waals surface area contributed by atoms with Crippen LogP contribution >= 0.6 is 27.5 Å². The van der Waals surface area contributed by atoms with Crippen molar-refractivity contribution in [2.45, 2.75) is 19.4 Å². The zero-order valence-corrected chi connectivity index (χ0v) is 13.0. The Labute approximate surface area is 127 Å². The molecule has 0 saturated carbocycles. The minimum absolute atomic E-state index is 0.0495. The Morgan fingerprint density at radius 3 is 2.68 bits per heavy atom. The summed E-state index contributed by atoms with van der Waals surface area (Å²) >= 11 is 9.60. The standard InChI is InChI=1S/C15H16BrClN2/c1-10-5-6-13(14(16)7-10)15(19-18)9-11-3-2-4-12(17)8-11/h2-8,15,19H,9,18H2,1H3. The minimum Gasteiger partial charge on any atom is -0.271 e. The number of rotatable bonds is 4. The predicted octanol–water partition coefficient (Wildman–Crippen LogP) is 4.16. The van der Waals surface area contributed by atoms with Crippen molar-refractivity contribution in [3.05, 3.63) is 68.7 Å². The fourth-order valence-corrected chi connectivity index (χ4v) is 3.06. The first kappa shape index (κ1) is 14.5. The highest BCUT2D eigenvalue weighted by atomic mass is 79.9. The molecule has 1 unspecified atom stereocenters. The number of halogens is 2. The molecule has 0 amide bonds. The molecule has 3 N–H and O–H groups in total. The topological polar surface area (TPSA) is 38.0 Å². The Balaban J connectivity index is 2.25. The number of benzene rings is 2. The van der Waals surface area contributed by atoms with Crippen LogP contribution in [0.2, 0.25) is 5.02 Å². The van der Waals surface area contributed by atoms with Gasteiger partial charge in [-0.1, -0.05) is 51.8 Å². The summed E-state index contributed by atoms with van der Waals surface area (Å²) in [6.45, 7) is 2.07. The largest absolute Gasteiger partial charge is 0.271 e. The maximum Gasteiger partial charge on any atom is 0.0511 e. The van der Waals surface area contributed by atoms with Crippen LogP contribution in [0.5, 0.6) is 0 Å². The van der Waals surface area contributed by atoms with Crippen molar-refractivity contribution in [3.8, 4) is 0 Å². The van der Waals surface area contributed by atoms with E-state index in [9.17, 15) is 0 Å². The second-order valence-corrected chi connectivity index (χ2v) is 5.87. The number of aryl methyl sites for hydroxylation is 1. The number of nitrogens with one attached hydrogen (secondary N) is 1. The molecular formula is C15H16BrClN2. The van der Waals surface area contributed by atoms with Crippen LogP contribution in [0.15, 0.2) is 46.9 Å². The summed E-state index contributed by atoms with van der Waals surface area (Å²) in [7, 11) is 0. The molecule has 2 aromatic rings. The van der Waals surface area contributed by atoms with Gasteiger partial charge in [0.1, 0.15) is 0 Å². The van der Waals surface area contributed by atoms with Crippen LogP contribution in [0, 0.1) is 6.92 Å². The Morgan fingerprint density at radius 1 is 1.26 bits per heavy atom. The lowest BCUT2D eigenvalue weighted by Gasteiger charge is -2.18. The van der Waals surface area contributed by atoms with Gasteiger partial charge in [0.15, 0.2) is 0 Å². The molecule has 2 aromatic carbocycles. The van der Waals surface area contributed by atoms with Gasteiger partial charge in [-0.05, 0) is 48.2 Å². The van der Waals surface area contributed by atoms with E-state index in [1.165, 1.54) is 5.56 Å². The average Bonchev–Trinajstić information content (AvgIpc) is 2.37. The van der Waals surface area contributed by atoms with Gasteiger partial charge in [-0.2, -0.15) is 0 Å². The van der Waals surface area contributed by atoms with Gasteiger partial charge >= 0.3 is 0 Å². The van der Waals surface area contributed by atoms with Crippen molar-refractivity contribution in [3.63, 3.8) is 0 Å². The number of hydrogen-bond acceptors (Lipinski definition) is 2. The first-order valence-electron chi connectivity index (χ1n) is 6.07. The van der Waals surface area contributed by atoms with Crippen LogP contribution in [-0.2, 0) is 6.42 Å². The Morgan fingerprint density at radius 2 is 2.05 bits per heavy atom. The molecule has 0 aromatic heterocycles. The van der Waals surface area contributed by atoms with E-state index in [4.69, 9.17) is 17.4 Å². The van der Waals surface area contributed by atoms with Crippen LogP contribution in [0.4, 0.5) is 0 Å². The molecule has 19 heavy (non-hydrogen) atoms. The van der Waals surface area contributed by atoms with E-state index < -0.39 is 0 Å². The van der Waals surface area contributed by atoms with Gasteiger partial charge in [0.05, 0.1) is 6.04 Å². The number of hydrazine groups is 1. The van der Waals surface area contributed by atoms with Gasteiger partial charge in [0.2, 0.25) is 0 Å². The van der Waals surface area contributed by atoms with Crippen LogP contribution < -0.4 is 11.3 Å². The lowest BCUT2D eigenvalue weighted by Crippen LogP contribution is -2.29. The molecule has 4 heteroatoms. The lowest BCUT2D eigenvalue weighted by molar-refractivity contribution is 0.550. The van der Waals surface area contributed by atoms with Gasteiger partial charge in [-0.15, -0.1) is 0 Å². The Bertz CT molecular complexity index is 572. The summed E-state index contributed by atoms with van der Waals surface area (Å²) in [6, 6.07) is 14.2. The van der Waals surface area contributed by atoms with Crippen molar-refractivity contribution in [1.29, 1.82) is 0 Å². The monoisotopic (exact) mass is 338 g/mol. The summed E-state index contributed by atoms with van der Waals surface area (Å²) in [5.41, 5.74) is 6.39. The SMILES string of the molecule is Cc1ccc(C(Cc2cccc(Cl)c2)NN)c(Br)c1. The highest BCUT2D eigenvalue weighted by Crippen LogP contribution is 2.27. The van der Waals surface area contributed by atoms with E-state index in [2.05, 4.69) is 52.5 Å². The number of hydrogen-bond donors (Lipinski definition) is 2. The van der Waals surface area contributed by atoms with Crippen LogP contribution in [-0.4, -0.2) is 0 Å². The van der Waals surface area contributed by atoms with Gasteiger partial charge in [-0.25, -0.2) is 0 Å².